The maximum absolute atomic E-state index is 11.7. The predicted octanol–water partition coefficient (Wildman–Crippen LogP) is 7.49. The molecule has 1 heterocycles. The lowest BCUT2D eigenvalue weighted by Gasteiger charge is -2.38. The summed E-state index contributed by atoms with van der Waals surface area (Å²) in [6.07, 6.45) is 13.9. The number of rotatable bonds is 12. The summed E-state index contributed by atoms with van der Waals surface area (Å²) in [5.41, 5.74) is 1.13. The van der Waals surface area contributed by atoms with Crippen LogP contribution in [0.3, 0.4) is 0 Å². The van der Waals surface area contributed by atoms with Gasteiger partial charge >= 0.3 is 5.97 Å². The Kier molecular flexibility index (Phi) is 11.6. The molecule has 0 unspecified atom stereocenters. The van der Waals surface area contributed by atoms with Crippen molar-refractivity contribution in [3.63, 3.8) is 0 Å². The molecule has 0 N–H and O–H groups in total. The molecule has 39 heavy (non-hydrogen) atoms. The van der Waals surface area contributed by atoms with E-state index in [1.165, 1.54) is 19.6 Å². The summed E-state index contributed by atoms with van der Waals surface area (Å²) in [4.78, 5) is 11.7. The van der Waals surface area contributed by atoms with Crippen LogP contribution < -0.4 is 0 Å². The van der Waals surface area contributed by atoms with E-state index < -0.39 is 14.1 Å². The predicted molar refractivity (Wildman–Crippen MR) is 158 cm³/mol. The maximum Gasteiger partial charge on any atom is 0.330 e. The summed E-state index contributed by atoms with van der Waals surface area (Å²) in [6, 6.07) is 10.2. The maximum atomic E-state index is 11.7. The minimum Gasteiger partial charge on any atom is -0.466 e. The number of hydrogen-bond acceptors (Lipinski definition) is 6. The molecule has 0 bridgehead atoms. The van der Waals surface area contributed by atoms with Gasteiger partial charge in [0.25, 0.3) is 0 Å². The smallest absolute Gasteiger partial charge is 0.330 e. The largest absolute Gasteiger partial charge is 0.466 e. The molecule has 6 nitrogen and oxygen atoms in total. The Morgan fingerprint density at radius 1 is 1.08 bits per heavy atom. The molecule has 1 aliphatic carbocycles. The lowest BCUT2D eigenvalue weighted by Crippen LogP contribution is -2.43. The summed E-state index contributed by atoms with van der Waals surface area (Å²) in [5.74, 6) is -0.791. The van der Waals surface area contributed by atoms with Crippen molar-refractivity contribution < 1.29 is 28.2 Å². The highest BCUT2D eigenvalue weighted by Crippen LogP contribution is 2.42. The first-order chi connectivity index (χ1) is 18.4. The molecule has 0 aromatic heterocycles. The van der Waals surface area contributed by atoms with Crippen molar-refractivity contribution in [1.82, 2.24) is 0 Å². The quantitative estimate of drug-likeness (QED) is 0.115. The summed E-state index contributed by atoms with van der Waals surface area (Å²) in [7, 11) is -0.670. The fourth-order valence-corrected chi connectivity index (χ4v) is 6.21. The minimum absolute atomic E-state index is 0.0154. The van der Waals surface area contributed by atoms with Crippen LogP contribution in [-0.4, -0.2) is 51.6 Å². The fraction of sp³-hybridized carbons (Fsp3) is 0.656. The van der Waals surface area contributed by atoms with Crippen LogP contribution >= 0.6 is 0 Å². The molecule has 0 amide bonds. The van der Waals surface area contributed by atoms with Crippen LogP contribution in [0.2, 0.25) is 18.1 Å². The molecular formula is C32H50O6Si. The lowest BCUT2D eigenvalue weighted by atomic mass is 9.94. The van der Waals surface area contributed by atoms with Crippen LogP contribution in [0, 0.1) is 0 Å². The second-order valence-electron chi connectivity index (χ2n) is 12.5. The van der Waals surface area contributed by atoms with Crippen LogP contribution in [0.1, 0.15) is 78.2 Å². The summed E-state index contributed by atoms with van der Waals surface area (Å²) in [6.45, 7) is 13.8. The second kappa shape index (κ2) is 14.2. The van der Waals surface area contributed by atoms with E-state index in [0.29, 0.717) is 19.4 Å². The van der Waals surface area contributed by atoms with E-state index in [1.54, 1.807) is 0 Å². The molecule has 218 valence electrons. The Hall–Kier alpha value is -1.77. The average Bonchev–Trinajstić information content (AvgIpc) is 3.18. The van der Waals surface area contributed by atoms with Gasteiger partial charge in [0.15, 0.2) is 14.1 Å². The molecule has 1 aliphatic heterocycles. The highest BCUT2D eigenvalue weighted by Gasteiger charge is 2.46. The number of hydrogen-bond donors (Lipinski definition) is 0. The van der Waals surface area contributed by atoms with Gasteiger partial charge in [-0.25, -0.2) is 4.79 Å². The Balaban J connectivity index is 1.77. The number of benzene rings is 1. The molecule has 1 saturated carbocycles. The van der Waals surface area contributed by atoms with E-state index in [-0.39, 0.29) is 35.4 Å². The zero-order chi connectivity index (χ0) is 28.5. The first-order valence-electron chi connectivity index (χ1n) is 14.5. The number of carbonyl (C=O) groups is 1. The van der Waals surface area contributed by atoms with Gasteiger partial charge in [-0.15, -0.1) is 0 Å². The van der Waals surface area contributed by atoms with Crippen LogP contribution in [0.15, 0.2) is 54.6 Å². The molecule has 1 spiro atoms. The number of esters is 1. The molecular weight excluding hydrogens is 508 g/mol. The highest BCUT2D eigenvalue weighted by molar-refractivity contribution is 6.74. The zero-order valence-electron chi connectivity index (χ0n) is 25.1. The molecule has 1 aromatic rings. The molecule has 3 rings (SSSR count). The lowest BCUT2D eigenvalue weighted by molar-refractivity contribution is -0.194. The van der Waals surface area contributed by atoms with Gasteiger partial charge in [0.1, 0.15) is 0 Å². The Morgan fingerprint density at radius 3 is 2.38 bits per heavy atom. The molecule has 7 heteroatoms. The minimum atomic E-state index is -2.06. The van der Waals surface area contributed by atoms with E-state index in [4.69, 9.17) is 23.4 Å². The summed E-state index contributed by atoms with van der Waals surface area (Å²) < 4.78 is 31.0. The molecule has 2 fully saturated rings. The van der Waals surface area contributed by atoms with Gasteiger partial charge in [0.05, 0.1) is 38.1 Å². The summed E-state index contributed by atoms with van der Waals surface area (Å²) in [5, 5.41) is 0.0626. The number of carbonyl (C=O) groups excluding carboxylic acids is 1. The van der Waals surface area contributed by atoms with Crippen molar-refractivity contribution in [3.8, 4) is 0 Å². The van der Waals surface area contributed by atoms with Gasteiger partial charge in [-0.3, -0.25) is 0 Å². The van der Waals surface area contributed by atoms with Crippen molar-refractivity contribution in [2.45, 2.75) is 128 Å². The van der Waals surface area contributed by atoms with Gasteiger partial charge in [0, 0.05) is 25.3 Å². The monoisotopic (exact) mass is 558 g/mol. The summed E-state index contributed by atoms with van der Waals surface area (Å²) >= 11 is 0. The van der Waals surface area contributed by atoms with Crippen molar-refractivity contribution in [2.75, 3.05) is 7.11 Å². The number of ether oxygens (including phenoxy) is 4. The third-order valence-corrected chi connectivity index (χ3v) is 12.8. The van der Waals surface area contributed by atoms with E-state index in [9.17, 15) is 4.79 Å². The van der Waals surface area contributed by atoms with Crippen LogP contribution in [0.5, 0.6) is 0 Å². The third kappa shape index (κ3) is 9.68. The zero-order valence-corrected chi connectivity index (χ0v) is 26.1. The fourth-order valence-electron chi connectivity index (χ4n) is 4.92. The average molecular weight is 559 g/mol. The van der Waals surface area contributed by atoms with E-state index in [1.807, 2.05) is 24.3 Å². The molecule has 1 aromatic carbocycles. The molecule has 0 radical (unpaired) electrons. The first kappa shape index (κ1) is 31.8. The Labute approximate surface area is 237 Å². The normalized spacial score (nSPS) is 23.5. The third-order valence-electron chi connectivity index (χ3n) is 8.29. The first-order valence-corrected chi connectivity index (χ1v) is 17.5. The molecule has 2 aliphatic rings. The van der Waals surface area contributed by atoms with E-state index >= 15 is 0 Å². The Morgan fingerprint density at radius 2 is 1.74 bits per heavy atom. The molecule has 4 atom stereocenters. The molecule has 1 saturated heterocycles. The van der Waals surface area contributed by atoms with Gasteiger partial charge in [-0.05, 0) is 49.9 Å². The standard InChI is InChI=1S/C32H50O6Si/c1-25-29(37-32(36-25)21-12-9-13-22-32)23-28(35-24-26-15-10-8-11-16-26)20-19-27(17-14-18-30(33)34-5)38-39(6,7)31(2,3)4/h8,10-11,14-16,18-20,25,27-29H,9,12-13,17,21-24H2,1-7H3/b18-14-,20-19-/t25-,27+,28+,29-/m0/s1. The van der Waals surface area contributed by atoms with Crippen molar-refractivity contribution in [1.29, 1.82) is 0 Å². The Bertz CT molecular complexity index is 945. The number of methoxy groups -OCH3 is 1. The van der Waals surface area contributed by atoms with Gasteiger partial charge < -0.3 is 23.4 Å². The van der Waals surface area contributed by atoms with Crippen LogP contribution in [-0.2, 0) is 34.8 Å². The van der Waals surface area contributed by atoms with Gasteiger partial charge in [-0.2, -0.15) is 0 Å². The van der Waals surface area contributed by atoms with Gasteiger partial charge in [-0.1, -0.05) is 75.8 Å². The van der Waals surface area contributed by atoms with Crippen molar-refractivity contribution >= 4 is 14.3 Å². The topological polar surface area (TPSA) is 63.2 Å². The second-order valence-corrected chi connectivity index (χ2v) is 17.2. The van der Waals surface area contributed by atoms with Crippen molar-refractivity contribution in [3.05, 3.63) is 60.2 Å². The van der Waals surface area contributed by atoms with Crippen LogP contribution in [0.4, 0.5) is 0 Å². The highest BCUT2D eigenvalue weighted by atomic mass is 28.4. The van der Waals surface area contributed by atoms with E-state index in [0.717, 1.165) is 31.2 Å². The van der Waals surface area contributed by atoms with Crippen molar-refractivity contribution in [2.24, 2.45) is 0 Å². The van der Waals surface area contributed by atoms with Crippen LogP contribution in [0.25, 0.3) is 0 Å². The van der Waals surface area contributed by atoms with E-state index in [2.05, 4.69) is 65.1 Å². The SMILES string of the molecule is COC(=O)/C=C\C[C@H](/C=C\[C@H](C[C@@H]1OC2(CCCCC2)O[C@H]1C)OCc1ccccc1)O[Si](C)(C)C(C)(C)C. The van der Waals surface area contributed by atoms with Gasteiger partial charge in [0.2, 0.25) is 0 Å².